The molecule has 0 unspecified atom stereocenters. The van der Waals surface area contributed by atoms with E-state index in [1.54, 1.807) is 32.9 Å². The molecule has 2 N–H and O–H groups in total. The van der Waals surface area contributed by atoms with Gasteiger partial charge in [0.05, 0.1) is 12.1 Å². The van der Waals surface area contributed by atoms with Gasteiger partial charge in [-0.05, 0) is 57.7 Å². The molecule has 37 heavy (non-hydrogen) atoms. The van der Waals surface area contributed by atoms with Crippen molar-refractivity contribution < 1.29 is 23.9 Å². The van der Waals surface area contributed by atoms with Gasteiger partial charge in [-0.25, -0.2) is 4.79 Å². The number of piperazine rings is 1. The number of rotatable bonds is 8. The van der Waals surface area contributed by atoms with Crippen molar-refractivity contribution in [1.29, 1.82) is 5.26 Å². The molecule has 198 valence electrons. The van der Waals surface area contributed by atoms with Gasteiger partial charge in [0.15, 0.2) is 0 Å². The third-order valence-electron chi connectivity index (χ3n) is 7.01. The molecule has 11 nitrogen and oxygen atoms in total. The van der Waals surface area contributed by atoms with Crippen LogP contribution in [0.1, 0.15) is 45.6 Å². The lowest BCUT2D eigenvalue weighted by molar-refractivity contribution is -0.140. The molecule has 4 rings (SSSR count). The molecule has 0 radical (unpaired) electrons. The lowest BCUT2D eigenvalue weighted by Crippen LogP contribution is -2.58. The summed E-state index contributed by atoms with van der Waals surface area (Å²) in [6.45, 7) is 6.91. The van der Waals surface area contributed by atoms with Gasteiger partial charge in [-0.3, -0.25) is 19.3 Å². The largest absolute Gasteiger partial charge is 0.444 e. The van der Waals surface area contributed by atoms with Gasteiger partial charge in [0.2, 0.25) is 18.2 Å². The number of carbonyl (C=O) groups is 4. The Morgan fingerprint density at radius 3 is 2.62 bits per heavy atom. The number of ether oxygens (including phenoxy) is 1. The molecule has 1 aromatic rings. The second kappa shape index (κ2) is 10.8. The number of alkyl carbamates (subject to hydrolysis) is 1. The number of nitrogens with one attached hydrogen (secondary N) is 2. The van der Waals surface area contributed by atoms with Crippen molar-refractivity contribution in [3.05, 3.63) is 29.8 Å². The van der Waals surface area contributed by atoms with Gasteiger partial charge in [0.1, 0.15) is 17.7 Å². The van der Waals surface area contributed by atoms with E-state index in [1.807, 2.05) is 21.9 Å². The Balaban J connectivity index is 1.43. The number of hydrogen-bond donors (Lipinski definition) is 2. The van der Waals surface area contributed by atoms with Crippen LogP contribution < -0.4 is 10.6 Å². The quantitative estimate of drug-likeness (QED) is 0.505. The zero-order valence-electron chi connectivity index (χ0n) is 21.5. The Labute approximate surface area is 216 Å². The van der Waals surface area contributed by atoms with E-state index in [1.165, 1.54) is 4.90 Å². The number of carbonyl (C=O) groups excluding carboxylic acids is 4. The van der Waals surface area contributed by atoms with Crippen molar-refractivity contribution in [2.24, 2.45) is 0 Å². The van der Waals surface area contributed by atoms with Gasteiger partial charge >= 0.3 is 6.09 Å². The minimum atomic E-state index is -0.928. The third kappa shape index (κ3) is 6.02. The molecular formula is C26H34N6O5. The first-order valence-corrected chi connectivity index (χ1v) is 12.6. The Kier molecular flexibility index (Phi) is 7.68. The van der Waals surface area contributed by atoms with E-state index < -0.39 is 23.8 Å². The Morgan fingerprint density at radius 2 is 2.00 bits per heavy atom. The number of nitriles is 1. The molecule has 4 atom stereocenters. The summed E-state index contributed by atoms with van der Waals surface area (Å²) in [5.74, 6) is -0.336. The first-order chi connectivity index (χ1) is 17.6. The molecule has 1 aromatic carbocycles. The van der Waals surface area contributed by atoms with E-state index in [9.17, 15) is 24.4 Å². The number of anilines is 1. The summed E-state index contributed by atoms with van der Waals surface area (Å²) in [6.07, 6.45) is 1.91. The monoisotopic (exact) mass is 510 g/mol. The van der Waals surface area contributed by atoms with Crippen LogP contribution in [0.5, 0.6) is 0 Å². The number of likely N-dealkylation sites (tertiary alicyclic amines) is 3. The van der Waals surface area contributed by atoms with Crippen molar-refractivity contribution in [1.82, 2.24) is 20.0 Å². The molecule has 2 bridgehead atoms. The van der Waals surface area contributed by atoms with Gasteiger partial charge in [-0.1, -0.05) is 12.1 Å². The van der Waals surface area contributed by atoms with Crippen LogP contribution >= 0.6 is 0 Å². The fraction of sp³-hybridized carbons (Fsp3) is 0.577. The van der Waals surface area contributed by atoms with Crippen LogP contribution in [0.15, 0.2) is 24.3 Å². The molecule has 0 aliphatic carbocycles. The van der Waals surface area contributed by atoms with E-state index in [-0.39, 0.29) is 30.4 Å². The highest BCUT2D eigenvalue weighted by molar-refractivity contribution is 5.88. The van der Waals surface area contributed by atoms with Crippen molar-refractivity contribution >= 4 is 30.0 Å². The van der Waals surface area contributed by atoms with Gasteiger partial charge in [0, 0.05) is 37.9 Å². The molecule has 4 amide bonds. The van der Waals surface area contributed by atoms with Gasteiger partial charge in [-0.2, -0.15) is 5.26 Å². The van der Waals surface area contributed by atoms with Gasteiger partial charge in [0.25, 0.3) is 0 Å². The topological polar surface area (TPSA) is 135 Å². The number of amides is 4. The lowest BCUT2D eigenvalue weighted by Gasteiger charge is -2.36. The molecule has 0 spiro atoms. The molecule has 0 aromatic heterocycles. The SMILES string of the molecule is CC(C)(C)OC(=O)N[C@@H](CN1C[C@@H]2C[C@H]1C(=O)N2Cc1ccc(NC=O)cc1)C(=O)N1CCC[C@H]1C#N. The summed E-state index contributed by atoms with van der Waals surface area (Å²) < 4.78 is 5.39. The Hall–Kier alpha value is -3.65. The summed E-state index contributed by atoms with van der Waals surface area (Å²) in [7, 11) is 0. The maximum Gasteiger partial charge on any atom is 0.408 e. The predicted molar refractivity (Wildman–Crippen MR) is 134 cm³/mol. The number of nitrogens with zero attached hydrogens (tertiary/aromatic N) is 4. The molecule has 11 heteroatoms. The van der Waals surface area contributed by atoms with Gasteiger partial charge in [-0.15, -0.1) is 0 Å². The third-order valence-corrected chi connectivity index (χ3v) is 7.01. The zero-order valence-corrected chi connectivity index (χ0v) is 21.5. The van der Waals surface area contributed by atoms with E-state index >= 15 is 0 Å². The zero-order chi connectivity index (χ0) is 26.7. The highest BCUT2D eigenvalue weighted by Gasteiger charge is 2.50. The van der Waals surface area contributed by atoms with Crippen molar-refractivity contribution in [2.75, 3.05) is 25.0 Å². The summed E-state index contributed by atoms with van der Waals surface area (Å²) in [5, 5.41) is 14.8. The first-order valence-electron chi connectivity index (χ1n) is 12.6. The molecule has 3 aliphatic heterocycles. The Morgan fingerprint density at radius 1 is 1.27 bits per heavy atom. The summed E-state index contributed by atoms with van der Waals surface area (Å²) in [6, 6.07) is 7.70. The fourth-order valence-corrected chi connectivity index (χ4v) is 5.35. The minimum absolute atomic E-state index is 0.00111. The minimum Gasteiger partial charge on any atom is -0.444 e. The standard InChI is InChI=1S/C26H34N6O5/c1-26(2,3)37-25(36)29-21(23(34)31-10-4-5-19(31)12-27)15-30-14-20-11-22(30)24(35)32(20)13-17-6-8-18(9-7-17)28-16-33/h6-9,16,19-22H,4-5,10-11,13-15H2,1-3H3,(H,28,33)(H,29,36)/t19-,20-,21-,22-/m0/s1. The second-order valence-electron chi connectivity index (χ2n) is 10.8. The molecule has 3 aliphatic rings. The van der Waals surface area contributed by atoms with E-state index in [4.69, 9.17) is 4.74 Å². The molecule has 3 fully saturated rings. The summed E-state index contributed by atoms with van der Waals surface area (Å²) in [4.78, 5) is 55.2. The lowest BCUT2D eigenvalue weighted by atomic mass is 10.1. The van der Waals surface area contributed by atoms with Crippen molar-refractivity contribution in [3.63, 3.8) is 0 Å². The van der Waals surface area contributed by atoms with Crippen LogP contribution in [0.2, 0.25) is 0 Å². The van der Waals surface area contributed by atoms with E-state index in [0.29, 0.717) is 44.6 Å². The number of benzene rings is 1. The van der Waals surface area contributed by atoms with E-state index in [2.05, 4.69) is 16.7 Å². The molecule has 0 saturated carbocycles. The maximum absolute atomic E-state index is 13.4. The van der Waals surface area contributed by atoms with Gasteiger partial charge < -0.3 is 25.2 Å². The molecular weight excluding hydrogens is 476 g/mol. The second-order valence-corrected chi connectivity index (χ2v) is 10.8. The predicted octanol–water partition coefficient (Wildman–Crippen LogP) is 1.45. The average molecular weight is 511 g/mol. The van der Waals surface area contributed by atoms with E-state index in [0.717, 1.165) is 12.0 Å². The summed E-state index contributed by atoms with van der Waals surface area (Å²) in [5.41, 5.74) is 0.912. The van der Waals surface area contributed by atoms with Crippen LogP contribution in [0.4, 0.5) is 10.5 Å². The number of hydrogen-bond acceptors (Lipinski definition) is 7. The van der Waals surface area contributed by atoms with Crippen LogP contribution in [0.3, 0.4) is 0 Å². The Bertz CT molecular complexity index is 1080. The first kappa shape index (κ1) is 26.4. The van der Waals surface area contributed by atoms with Crippen LogP contribution in [0, 0.1) is 11.3 Å². The van der Waals surface area contributed by atoms with Crippen LogP contribution in [0.25, 0.3) is 0 Å². The fourth-order valence-electron chi connectivity index (χ4n) is 5.35. The van der Waals surface area contributed by atoms with Crippen LogP contribution in [-0.2, 0) is 25.7 Å². The number of fused-ring (bicyclic) bond motifs is 2. The molecule has 3 saturated heterocycles. The van der Waals surface area contributed by atoms with Crippen molar-refractivity contribution in [2.45, 2.75) is 76.3 Å². The summed E-state index contributed by atoms with van der Waals surface area (Å²) >= 11 is 0. The highest BCUT2D eigenvalue weighted by Crippen LogP contribution is 2.33. The normalized spacial score (nSPS) is 24.1. The van der Waals surface area contributed by atoms with Crippen LogP contribution in [-0.4, -0.2) is 88.4 Å². The smallest absolute Gasteiger partial charge is 0.408 e. The maximum atomic E-state index is 13.4. The molecule has 3 heterocycles. The average Bonchev–Trinajstić information content (AvgIpc) is 3.54. The highest BCUT2D eigenvalue weighted by atomic mass is 16.6. The van der Waals surface area contributed by atoms with Crippen molar-refractivity contribution in [3.8, 4) is 6.07 Å².